The van der Waals surface area contributed by atoms with Crippen molar-refractivity contribution in [3.8, 4) is 0 Å². The molecule has 6 nitrogen and oxygen atoms in total. The maximum Gasteiger partial charge on any atom is 0.303 e. The Hall–Kier alpha value is -1.59. The van der Waals surface area contributed by atoms with Crippen LogP contribution in [0.3, 0.4) is 0 Å². The molecule has 0 spiro atoms. The number of carbonyl (C=O) groups excluding carboxylic acids is 2. The molecule has 17 heavy (non-hydrogen) atoms. The van der Waals surface area contributed by atoms with Gasteiger partial charge >= 0.3 is 5.97 Å². The molecule has 1 aliphatic rings. The Balaban J connectivity index is 2.52. The first-order chi connectivity index (χ1) is 7.90. The van der Waals surface area contributed by atoms with E-state index in [0.717, 1.165) is 0 Å². The van der Waals surface area contributed by atoms with Gasteiger partial charge in [-0.2, -0.15) is 0 Å². The van der Waals surface area contributed by atoms with Crippen molar-refractivity contribution in [2.24, 2.45) is 5.92 Å². The largest absolute Gasteiger partial charge is 0.481 e. The Labute approximate surface area is 99.8 Å². The second-order valence-corrected chi connectivity index (χ2v) is 4.68. The zero-order chi connectivity index (χ0) is 13.0. The summed E-state index contributed by atoms with van der Waals surface area (Å²) < 4.78 is 0. The fourth-order valence-corrected chi connectivity index (χ4v) is 1.78. The summed E-state index contributed by atoms with van der Waals surface area (Å²) in [4.78, 5) is 33.7. The van der Waals surface area contributed by atoms with Gasteiger partial charge in [-0.1, -0.05) is 13.8 Å². The number of rotatable bonds is 5. The van der Waals surface area contributed by atoms with Crippen LogP contribution in [0.15, 0.2) is 0 Å². The standard InChI is InChI=1S/C11H18N2O4/c1-6(2)5-8-11(17)12-7(10(16)13-8)3-4-9(14)15/h6-8H,3-5H2,1-2H3,(H,12,17)(H,13,16)(H,14,15)/t7-,8+/m0/s1. The number of piperazine rings is 1. The molecule has 0 aromatic carbocycles. The third-order valence-electron chi connectivity index (χ3n) is 2.62. The van der Waals surface area contributed by atoms with E-state index in [1.807, 2.05) is 13.8 Å². The number of nitrogens with one attached hydrogen (secondary N) is 2. The molecule has 0 radical (unpaired) electrons. The van der Waals surface area contributed by atoms with E-state index in [1.54, 1.807) is 0 Å². The summed E-state index contributed by atoms with van der Waals surface area (Å²) >= 11 is 0. The summed E-state index contributed by atoms with van der Waals surface area (Å²) in [5.41, 5.74) is 0. The molecule has 0 aromatic heterocycles. The molecule has 0 unspecified atom stereocenters. The van der Waals surface area contributed by atoms with Crippen LogP contribution in [0.1, 0.15) is 33.1 Å². The highest BCUT2D eigenvalue weighted by atomic mass is 16.4. The van der Waals surface area contributed by atoms with Crippen molar-refractivity contribution in [3.05, 3.63) is 0 Å². The van der Waals surface area contributed by atoms with Crippen molar-refractivity contribution in [3.63, 3.8) is 0 Å². The van der Waals surface area contributed by atoms with Crippen molar-refractivity contribution in [1.29, 1.82) is 0 Å². The Bertz CT molecular complexity index is 327. The van der Waals surface area contributed by atoms with Gasteiger partial charge < -0.3 is 15.7 Å². The van der Waals surface area contributed by atoms with Gasteiger partial charge in [0.15, 0.2) is 0 Å². The van der Waals surface area contributed by atoms with Gasteiger partial charge in [-0.05, 0) is 18.8 Å². The van der Waals surface area contributed by atoms with Crippen LogP contribution >= 0.6 is 0 Å². The van der Waals surface area contributed by atoms with Crippen LogP contribution in [0, 0.1) is 5.92 Å². The Morgan fingerprint density at radius 2 is 1.76 bits per heavy atom. The smallest absolute Gasteiger partial charge is 0.303 e. The third kappa shape index (κ3) is 4.05. The lowest BCUT2D eigenvalue weighted by atomic mass is 9.99. The number of hydrogen-bond donors (Lipinski definition) is 3. The van der Waals surface area contributed by atoms with Crippen LogP contribution in [0.4, 0.5) is 0 Å². The van der Waals surface area contributed by atoms with E-state index in [-0.39, 0.29) is 24.7 Å². The normalized spacial score (nSPS) is 24.4. The first kappa shape index (κ1) is 13.5. The second-order valence-electron chi connectivity index (χ2n) is 4.68. The molecule has 1 rings (SSSR count). The van der Waals surface area contributed by atoms with E-state index in [1.165, 1.54) is 0 Å². The summed E-state index contributed by atoms with van der Waals surface area (Å²) in [5, 5.41) is 13.7. The number of carboxylic acids is 1. The topological polar surface area (TPSA) is 95.5 Å². The maximum absolute atomic E-state index is 11.7. The first-order valence-electron chi connectivity index (χ1n) is 5.72. The molecule has 6 heteroatoms. The lowest BCUT2D eigenvalue weighted by Gasteiger charge is -2.30. The lowest BCUT2D eigenvalue weighted by molar-refractivity contribution is -0.140. The van der Waals surface area contributed by atoms with E-state index < -0.39 is 18.1 Å². The van der Waals surface area contributed by atoms with E-state index in [2.05, 4.69) is 10.6 Å². The number of aliphatic carboxylic acids is 1. The summed E-state index contributed by atoms with van der Waals surface area (Å²) in [6, 6.07) is -1.22. The molecule has 2 amide bonds. The molecule has 0 aliphatic carbocycles. The average Bonchev–Trinajstić information content (AvgIpc) is 2.20. The van der Waals surface area contributed by atoms with Crippen LogP contribution in [-0.4, -0.2) is 35.0 Å². The summed E-state index contributed by atoms with van der Waals surface area (Å²) in [6.45, 7) is 3.94. The van der Waals surface area contributed by atoms with Crippen molar-refractivity contribution in [1.82, 2.24) is 10.6 Å². The minimum atomic E-state index is -0.976. The minimum absolute atomic E-state index is 0.126. The highest BCUT2D eigenvalue weighted by molar-refractivity contribution is 5.97. The van der Waals surface area contributed by atoms with E-state index in [4.69, 9.17) is 5.11 Å². The Morgan fingerprint density at radius 1 is 1.24 bits per heavy atom. The van der Waals surface area contributed by atoms with Crippen LogP contribution in [0.25, 0.3) is 0 Å². The quantitative estimate of drug-likeness (QED) is 0.626. The van der Waals surface area contributed by atoms with Gasteiger partial charge in [-0.25, -0.2) is 0 Å². The molecule has 1 heterocycles. The van der Waals surface area contributed by atoms with Crippen molar-refractivity contribution in [2.45, 2.75) is 45.2 Å². The van der Waals surface area contributed by atoms with Gasteiger partial charge in [0.2, 0.25) is 11.8 Å². The van der Waals surface area contributed by atoms with Gasteiger partial charge in [0.25, 0.3) is 0 Å². The monoisotopic (exact) mass is 242 g/mol. The number of carbonyl (C=O) groups is 3. The number of amides is 2. The summed E-state index contributed by atoms with van der Waals surface area (Å²) in [6.07, 6.45) is 0.581. The predicted molar refractivity (Wildman–Crippen MR) is 60.2 cm³/mol. The van der Waals surface area contributed by atoms with Crippen molar-refractivity contribution < 1.29 is 19.5 Å². The second kappa shape index (κ2) is 5.65. The van der Waals surface area contributed by atoms with Crippen LogP contribution < -0.4 is 10.6 Å². The molecular weight excluding hydrogens is 224 g/mol. The maximum atomic E-state index is 11.7. The fraction of sp³-hybridized carbons (Fsp3) is 0.727. The molecule has 0 bridgehead atoms. The molecule has 0 saturated carbocycles. The van der Waals surface area contributed by atoms with Gasteiger partial charge in [-0.3, -0.25) is 14.4 Å². The Morgan fingerprint density at radius 3 is 2.29 bits per heavy atom. The molecule has 0 aromatic rings. The molecule has 1 fully saturated rings. The highest BCUT2D eigenvalue weighted by Crippen LogP contribution is 2.10. The first-order valence-corrected chi connectivity index (χ1v) is 5.72. The minimum Gasteiger partial charge on any atom is -0.481 e. The fourth-order valence-electron chi connectivity index (χ4n) is 1.78. The highest BCUT2D eigenvalue weighted by Gasteiger charge is 2.33. The number of carboxylic acid groups (broad SMARTS) is 1. The lowest BCUT2D eigenvalue weighted by Crippen LogP contribution is -2.61. The molecule has 1 saturated heterocycles. The van der Waals surface area contributed by atoms with Crippen molar-refractivity contribution >= 4 is 17.8 Å². The summed E-state index contributed by atoms with van der Waals surface area (Å²) in [7, 11) is 0. The Kier molecular flexibility index (Phi) is 4.48. The molecule has 1 aliphatic heterocycles. The van der Waals surface area contributed by atoms with Crippen LogP contribution in [-0.2, 0) is 14.4 Å². The van der Waals surface area contributed by atoms with Gasteiger partial charge in [0, 0.05) is 6.42 Å². The SMILES string of the molecule is CC(C)C[C@H]1NC(=O)[C@H](CCC(=O)O)NC1=O. The molecule has 96 valence electrons. The van der Waals surface area contributed by atoms with E-state index >= 15 is 0 Å². The van der Waals surface area contributed by atoms with Crippen LogP contribution in [0.5, 0.6) is 0 Å². The van der Waals surface area contributed by atoms with E-state index in [0.29, 0.717) is 12.3 Å². The molecule has 2 atom stereocenters. The van der Waals surface area contributed by atoms with E-state index in [9.17, 15) is 14.4 Å². The average molecular weight is 242 g/mol. The molecule has 3 N–H and O–H groups in total. The zero-order valence-electron chi connectivity index (χ0n) is 10.0. The van der Waals surface area contributed by atoms with Gasteiger partial charge in [0.05, 0.1) is 0 Å². The predicted octanol–water partition coefficient (Wildman–Crippen LogP) is -0.119. The van der Waals surface area contributed by atoms with Crippen LogP contribution in [0.2, 0.25) is 0 Å². The van der Waals surface area contributed by atoms with Crippen molar-refractivity contribution in [2.75, 3.05) is 0 Å². The van der Waals surface area contributed by atoms with Gasteiger partial charge in [0.1, 0.15) is 12.1 Å². The van der Waals surface area contributed by atoms with Gasteiger partial charge in [-0.15, -0.1) is 0 Å². The summed E-state index contributed by atoms with van der Waals surface area (Å²) in [5.74, 6) is -1.19. The zero-order valence-corrected chi connectivity index (χ0v) is 10.0. The molecular formula is C11H18N2O4. The number of hydrogen-bond acceptors (Lipinski definition) is 3. The third-order valence-corrected chi connectivity index (χ3v) is 2.62.